The zero-order valence-corrected chi connectivity index (χ0v) is 15.5. The fourth-order valence-electron chi connectivity index (χ4n) is 2.26. The highest BCUT2D eigenvalue weighted by molar-refractivity contribution is 6.05. The van der Waals surface area contributed by atoms with Crippen molar-refractivity contribution >= 4 is 17.9 Å². The van der Waals surface area contributed by atoms with E-state index in [1.807, 2.05) is 68.4 Å². The molecule has 2 N–H and O–H groups in total. The topological polar surface area (TPSA) is 61.4 Å². The minimum atomic E-state index is -0.310. The lowest BCUT2D eigenvalue weighted by Crippen LogP contribution is -2.37. The molecule has 0 spiro atoms. The first-order valence-corrected chi connectivity index (χ1v) is 8.53. The van der Waals surface area contributed by atoms with E-state index in [0.29, 0.717) is 12.1 Å². The molecular formula is C21H25N3O2. The van der Waals surface area contributed by atoms with Crippen molar-refractivity contribution in [3.05, 3.63) is 77.0 Å². The molecule has 5 heteroatoms. The number of rotatable bonds is 7. The highest BCUT2D eigenvalue weighted by Gasteiger charge is 2.14. The van der Waals surface area contributed by atoms with E-state index in [2.05, 4.69) is 10.6 Å². The van der Waals surface area contributed by atoms with Crippen molar-refractivity contribution in [2.75, 3.05) is 27.2 Å². The lowest BCUT2D eigenvalue weighted by atomic mass is 10.1. The Morgan fingerprint density at radius 2 is 1.65 bits per heavy atom. The normalized spacial score (nSPS) is 11.3. The fraction of sp³-hybridized carbons (Fsp3) is 0.238. The molecule has 0 fully saturated rings. The number of carbonyl (C=O) groups excluding carboxylic acids is 2. The van der Waals surface area contributed by atoms with Crippen molar-refractivity contribution < 1.29 is 9.59 Å². The number of hydrogen-bond acceptors (Lipinski definition) is 3. The summed E-state index contributed by atoms with van der Waals surface area (Å²) in [5.74, 6) is -0.619. The van der Waals surface area contributed by atoms with Crippen LogP contribution in [0.15, 0.2) is 60.3 Å². The molecule has 0 atom stereocenters. The number of aryl methyl sites for hydroxylation is 1. The lowest BCUT2D eigenvalue weighted by molar-refractivity contribution is -0.117. The predicted molar refractivity (Wildman–Crippen MR) is 105 cm³/mol. The molecule has 2 amide bonds. The minimum Gasteiger partial charge on any atom is -0.349 e. The van der Waals surface area contributed by atoms with Gasteiger partial charge in [-0.05, 0) is 44.8 Å². The van der Waals surface area contributed by atoms with Crippen LogP contribution in [0.5, 0.6) is 0 Å². The average molecular weight is 351 g/mol. The van der Waals surface area contributed by atoms with E-state index in [1.165, 1.54) is 0 Å². The van der Waals surface area contributed by atoms with Crippen LogP contribution in [0.2, 0.25) is 0 Å². The second-order valence-corrected chi connectivity index (χ2v) is 6.35. The van der Waals surface area contributed by atoms with Gasteiger partial charge in [0.15, 0.2) is 0 Å². The highest BCUT2D eigenvalue weighted by Crippen LogP contribution is 2.08. The molecule has 0 unspecified atom stereocenters. The van der Waals surface area contributed by atoms with Crippen LogP contribution in [0.4, 0.5) is 0 Å². The Kier molecular flexibility index (Phi) is 7.12. The molecule has 0 aliphatic carbocycles. The van der Waals surface area contributed by atoms with Gasteiger partial charge in [0.1, 0.15) is 5.70 Å². The fourth-order valence-corrected chi connectivity index (χ4v) is 2.26. The maximum absolute atomic E-state index is 12.5. The molecule has 0 aliphatic heterocycles. The first-order chi connectivity index (χ1) is 12.5. The van der Waals surface area contributed by atoms with E-state index in [4.69, 9.17) is 0 Å². The molecule has 26 heavy (non-hydrogen) atoms. The highest BCUT2D eigenvalue weighted by atomic mass is 16.2. The smallest absolute Gasteiger partial charge is 0.267 e. The number of likely N-dealkylation sites (N-methyl/N-ethyl adjacent to an activating group) is 1. The molecule has 2 aromatic rings. The summed E-state index contributed by atoms with van der Waals surface area (Å²) in [5.41, 5.74) is 2.65. The minimum absolute atomic E-state index is 0.223. The molecule has 0 aromatic heterocycles. The Morgan fingerprint density at radius 3 is 2.27 bits per heavy atom. The van der Waals surface area contributed by atoms with Gasteiger partial charge in [0, 0.05) is 18.7 Å². The number of carbonyl (C=O) groups is 2. The third kappa shape index (κ3) is 6.18. The van der Waals surface area contributed by atoms with E-state index in [-0.39, 0.29) is 17.5 Å². The van der Waals surface area contributed by atoms with Crippen LogP contribution in [-0.2, 0) is 4.79 Å². The van der Waals surface area contributed by atoms with E-state index in [0.717, 1.165) is 17.7 Å². The molecule has 0 saturated heterocycles. The summed E-state index contributed by atoms with van der Waals surface area (Å²) in [5, 5.41) is 5.57. The average Bonchev–Trinajstić information content (AvgIpc) is 2.62. The number of hydrogen-bond donors (Lipinski definition) is 2. The van der Waals surface area contributed by atoms with Crippen LogP contribution in [0, 0.1) is 6.92 Å². The van der Waals surface area contributed by atoms with Crippen LogP contribution >= 0.6 is 0 Å². The lowest BCUT2D eigenvalue weighted by Gasteiger charge is -2.13. The maximum Gasteiger partial charge on any atom is 0.267 e. The van der Waals surface area contributed by atoms with E-state index in [9.17, 15) is 9.59 Å². The van der Waals surface area contributed by atoms with Crippen LogP contribution in [0.3, 0.4) is 0 Å². The van der Waals surface area contributed by atoms with Gasteiger partial charge < -0.3 is 15.5 Å². The van der Waals surface area contributed by atoms with E-state index >= 15 is 0 Å². The van der Waals surface area contributed by atoms with Gasteiger partial charge >= 0.3 is 0 Å². The first-order valence-electron chi connectivity index (χ1n) is 8.53. The van der Waals surface area contributed by atoms with E-state index < -0.39 is 0 Å². The van der Waals surface area contributed by atoms with Crippen LogP contribution < -0.4 is 10.6 Å². The molecule has 2 aromatic carbocycles. The monoisotopic (exact) mass is 351 g/mol. The van der Waals surface area contributed by atoms with Gasteiger partial charge in [-0.1, -0.05) is 48.0 Å². The molecule has 0 radical (unpaired) electrons. The van der Waals surface area contributed by atoms with Gasteiger partial charge in [-0.25, -0.2) is 0 Å². The third-order valence-electron chi connectivity index (χ3n) is 3.76. The zero-order chi connectivity index (χ0) is 18.9. The van der Waals surface area contributed by atoms with Crippen LogP contribution in [-0.4, -0.2) is 43.9 Å². The molecule has 0 aliphatic rings. The zero-order valence-electron chi connectivity index (χ0n) is 15.5. The van der Waals surface area contributed by atoms with Crippen molar-refractivity contribution in [2.24, 2.45) is 0 Å². The van der Waals surface area contributed by atoms with Crippen molar-refractivity contribution in [2.45, 2.75) is 6.92 Å². The summed E-state index contributed by atoms with van der Waals surface area (Å²) in [6.45, 7) is 3.18. The molecule has 5 nitrogen and oxygen atoms in total. The van der Waals surface area contributed by atoms with Crippen LogP contribution in [0.1, 0.15) is 21.5 Å². The van der Waals surface area contributed by atoms with Gasteiger partial charge in [-0.2, -0.15) is 0 Å². The number of nitrogens with one attached hydrogen (secondary N) is 2. The van der Waals surface area contributed by atoms with Crippen molar-refractivity contribution in [1.29, 1.82) is 0 Å². The Bertz CT molecular complexity index is 766. The Balaban J connectivity index is 2.17. The van der Waals surface area contributed by atoms with Crippen LogP contribution in [0.25, 0.3) is 6.08 Å². The summed E-state index contributed by atoms with van der Waals surface area (Å²) >= 11 is 0. The van der Waals surface area contributed by atoms with E-state index in [1.54, 1.807) is 18.2 Å². The summed E-state index contributed by atoms with van der Waals surface area (Å²) in [6, 6.07) is 16.7. The molecule has 0 saturated carbocycles. The molecule has 2 rings (SSSR count). The number of amides is 2. The molecular weight excluding hydrogens is 326 g/mol. The third-order valence-corrected chi connectivity index (χ3v) is 3.76. The summed E-state index contributed by atoms with van der Waals surface area (Å²) in [6.07, 6.45) is 1.68. The Labute approximate surface area is 154 Å². The maximum atomic E-state index is 12.5. The van der Waals surface area contributed by atoms with Gasteiger partial charge in [-0.15, -0.1) is 0 Å². The standard InChI is InChI=1S/C21H25N3O2/c1-16-9-11-18(12-10-16)20(25)23-19(15-17-7-5-4-6-8-17)21(26)22-13-14-24(2)3/h4-12,15H,13-14H2,1-3H3,(H,22,26)(H,23,25)/b19-15-. The SMILES string of the molecule is Cc1ccc(C(=O)N/C(=C\c2ccccc2)C(=O)NCCN(C)C)cc1. The first kappa shape index (κ1) is 19.4. The van der Waals surface area contributed by atoms with Crippen molar-refractivity contribution in [1.82, 2.24) is 15.5 Å². The Hall–Kier alpha value is -2.92. The molecule has 0 heterocycles. The predicted octanol–water partition coefficient (Wildman–Crippen LogP) is 2.44. The Morgan fingerprint density at radius 1 is 1.00 bits per heavy atom. The van der Waals surface area contributed by atoms with Gasteiger partial charge in [-0.3, -0.25) is 9.59 Å². The quantitative estimate of drug-likeness (QED) is 0.753. The summed E-state index contributed by atoms with van der Waals surface area (Å²) in [7, 11) is 3.87. The van der Waals surface area contributed by atoms with Gasteiger partial charge in [0.2, 0.25) is 0 Å². The van der Waals surface area contributed by atoms with Crippen molar-refractivity contribution in [3.63, 3.8) is 0 Å². The second-order valence-electron chi connectivity index (χ2n) is 6.35. The van der Waals surface area contributed by atoms with Crippen molar-refractivity contribution in [3.8, 4) is 0 Å². The number of nitrogens with zero attached hydrogens (tertiary/aromatic N) is 1. The molecule has 0 bridgehead atoms. The summed E-state index contributed by atoms with van der Waals surface area (Å²) in [4.78, 5) is 27.0. The number of benzene rings is 2. The molecule has 136 valence electrons. The second kappa shape index (κ2) is 9.53. The summed E-state index contributed by atoms with van der Waals surface area (Å²) < 4.78 is 0. The van der Waals surface area contributed by atoms with Gasteiger partial charge in [0.25, 0.3) is 11.8 Å². The largest absolute Gasteiger partial charge is 0.349 e. The van der Waals surface area contributed by atoms with Gasteiger partial charge in [0.05, 0.1) is 0 Å².